The summed E-state index contributed by atoms with van der Waals surface area (Å²) in [5.74, 6) is -1.01. The Hall–Kier alpha value is -2.65. The van der Waals surface area contributed by atoms with E-state index in [9.17, 15) is 4.79 Å². The minimum absolute atomic E-state index is 0.554. The molecule has 116 valence electrons. The van der Waals surface area contributed by atoms with E-state index in [2.05, 4.69) is 11.6 Å². The highest BCUT2D eigenvalue weighted by Gasteiger charge is 2.14. The first-order valence-electron chi connectivity index (χ1n) is 7.01. The lowest BCUT2D eigenvalue weighted by Gasteiger charge is -2.15. The van der Waals surface area contributed by atoms with Crippen LogP contribution in [0.15, 0.2) is 83.6 Å². The predicted molar refractivity (Wildman–Crippen MR) is 95.7 cm³/mol. The summed E-state index contributed by atoms with van der Waals surface area (Å²) in [6.07, 6.45) is 10.00. The molecule has 4 heteroatoms. The molecule has 0 unspecified atom stereocenters. The first-order chi connectivity index (χ1) is 11.0. The number of nitrogens with zero attached hydrogens (tertiary/aromatic N) is 1. The molecule has 0 aromatic heterocycles. The molecule has 1 aliphatic carbocycles. The number of halogens is 1. The lowest BCUT2D eigenvalue weighted by molar-refractivity contribution is -0.131. The number of aliphatic imine (C=N–C) groups is 1. The van der Waals surface area contributed by atoms with Gasteiger partial charge in [-0.05, 0) is 36.3 Å². The van der Waals surface area contributed by atoms with Gasteiger partial charge in [-0.3, -0.25) is 0 Å². The second-order valence-electron chi connectivity index (χ2n) is 4.82. The first kappa shape index (κ1) is 16.7. The zero-order valence-corrected chi connectivity index (χ0v) is 13.4. The van der Waals surface area contributed by atoms with Crippen molar-refractivity contribution >= 4 is 28.9 Å². The van der Waals surface area contributed by atoms with E-state index >= 15 is 0 Å². The third-order valence-electron chi connectivity index (χ3n) is 3.21. The van der Waals surface area contributed by atoms with Crippen molar-refractivity contribution in [3.8, 4) is 0 Å². The Bertz CT molecular complexity index is 778. The molecule has 0 atom stereocenters. The molecule has 1 N–H and O–H groups in total. The van der Waals surface area contributed by atoms with Crippen molar-refractivity contribution in [1.82, 2.24) is 0 Å². The van der Waals surface area contributed by atoms with Crippen molar-refractivity contribution < 1.29 is 9.90 Å². The number of carboxylic acids is 1. The molecular formula is C19H16ClNO2. The van der Waals surface area contributed by atoms with E-state index < -0.39 is 5.97 Å². The van der Waals surface area contributed by atoms with Crippen LogP contribution in [-0.4, -0.2) is 16.8 Å². The molecule has 1 aromatic carbocycles. The lowest BCUT2D eigenvalue weighted by atomic mass is 9.92. The van der Waals surface area contributed by atoms with E-state index in [0.717, 1.165) is 22.8 Å². The summed E-state index contributed by atoms with van der Waals surface area (Å²) in [5.41, 5.74) is 3.91. The third-order valence-corrected chi connectivity index (χ3v) is 3.46. The minimum atomic E-state index is -1.01. The highest BCUT2D eigenvalue weighted by molar-refractivity contribution is 6.34. The van der Waals surface area contributed by atoms with Crippen LogP contribution in [0.3, 0.4) is 0 Å². The van der Waals surface area contributed by atoms with Gasteiger partial charge in [-0.15, -0.1) is 0 Å². The molecule has 1 aliphatic rings. The van der Waals surface area contributed by atoms with E-state index in [1.807, 2.05) is 42.5 Å². The Labute approximate surface area is 140 Å². The molecule has 0 saturated heterocycles. The van der Waals surface area contributed by atoms with Crippen LogP contribution in [-0.2, 0) is 4.79 Å². The number of aliphatic carboxylic acids is 1. The summed E-state index contributed by atoms with van der Waals surface area (Å²) in [6, 6.07) is 7.46. The fraction of sp³-hybridized carbons (Fsp3) is 0.0526. The van der Waals surface area contributed by atoms with Gasteiger partial charge < -0.3 is 5.11 Å². The summed E-state index contributed by atoms with van der Waals surface area (Å²) in [4.78, 5) is 15.2. The minimum Gasteiger partial charge on any atom is -0.478 e. The van der Waals surface area contributed by atoms with Gasteiger partial charge in [0.05, 0.1) is 11.4 Å². The third kappa shape index (κ3) is 4.41. The normalized spacial score (nSPS) is 17.0. The summed E-state index contributed by atoms with van der Waals surface area (Å²) < 4.78 is 0. The fourth-order valence-corrected chi connectivity index (χ4v) is 2.20. The van der Waals surface area contributed by atoms with Crippen LogP contribution in [0.1, 0.15) is 12.5 Å². The molecule has 0 saturated carbocycles. The smallest absolute Gasteiger partial charge is 0.328 e. The summed E-state index contributed by atoms with van der Waals surface area (Å²) >= 11 is 5.94. The molecule has 0 radical (unpaired) electrons. The van der Waals surface area contributed by atoms with Crippen LogP contribution in [0, 0.1) is 0 Å². The quantitative estimate of drug-likeness (QED) is 0.636. The van der Waals surface area contributed by atoms with E-state index in [1.54, 1.807) is 13.0 Å². The zero-order valence-electron chi connectivity index (χ0n) is 12.7. The first-order valence-corrected chi connectivity index (χ1v) is 7.39. The van der Waals surface area contributed by atoms with Crippen LogP contribution < -0.4 is 0 Å². The molecular weight excluding hydrogens is 310 g/mol. The Balaban J connectivity index is 2.44. The SMILES string of the molecule is C=C1C=CC=C(c2ccc(Cl)cc2)C1=NC(=C\C)/C=C/C(=O)O. The van der Waals surface area contributed by atoms with Gasteiger partial charge in [-0.25, -0.2) is 9.79 Å². The van der Waals surface area contributed by atoms with Crippen LogP contribution in [0.4, 0.5) is 0 Å². The number of hydrogen-bond acceptors (Lipinski definition) is 2. The van der Waals surface area contributed by atoms with Gasteiger partial charge in [0.15, 0.2) is 0 Å². The Morgan fingerprint density at radius 1 is 1.26 bits per heavy atom. The maximum atomic E-state index is 10.7. The predicted octanol–water partition coefficient (Wildman–Crippen LogP) is 4.84. The molecule has 0 bridgehead atoms. The molecule has 0 amide bonds. The molecule has 0 heterocycles. The van der Waals surface area contributed by atoms with Crippen molar-refractivity contribution in [2.45, 2.75) is 6.92 Å². The largest absolute Gasteiger partial charge is 0.478 e. The topological polar surface area (TPSA) is 49.7 Å². The van der Waals surface area contributed by atoms with Crippen LogP contribution in [0.25, 0.3) is 5.57 Å². The maximum Gasteiger partial charge on any atom is 0.328 e. The monoisotopic (exact) mass is 325 g/mol. The summed E-state index contributed by atoms with van der Waals surface area (Å²) in [6.45, 7) is 5.82. The van der Waals surface area contributed by atoms with Crippen LogP contribution in [0.2, 0.25) is 5.02 Å². The van der Waals surface area contributed by atoms with E-state index in [-0.39, 0.29) is 0 Å². The van der Waals surface area contributed by atoms with E-state index in [4.69, 9.17) is 16.7 Å². The number of hydrogen-bond donors (Lipinski definition) is 1. The standard InChI is InChI=1S/C19H16ClNO2/c1-3-16(11-12-18(22)23)21-19-13(2)5-4-6-17(19)14-7-9-15(20)10-8-14/h3-12H,2H2,1H3,(H,22,23)/b12-11+,16-3-,21-19?. The Morgan fingerprint density at radius 3 is 2.57 bits per heavy atom. The van der Waals surface area contributed by atoms with Gasteiger partial charge in [-0.1, -0.05) is 54.6 Å². The van der Waals surface area contributed by atoms with Crippen molar-refractivity contribution in [2.24, 2.45) is 4.99 Å². The van der Waals surface area contributed by atoms with Crippen molar-refractivity contribution in [3.05, 3.63) is 89.2 Å². The number of carbonyl (C=O) groups is 1. The summed E-state index contributed by atoms with van der Waals surface area (Å²) in [5, 5.41) is 9.42. The maximum absolute atomic E-state index is 10.7. The number of carboxylic acid groups (broad SMARTS) is 1. The molecule has 1 aromatic rings. The van der Waals surface area contributed by atoms with E-state index in [0.29, 0.717) is 16.4 Å². The molecule has 23 heavy (non-hydrogen) atoms. The average molecular weight is 326 g/mol. The van der Waals surface area contributed by atoms with Gasteiger partial charge in [-0.2, -0.15) is 0 Å². The summed E-state index contributed by atoms with van der Waals surface area (Å²) in [7, 11) is 0. The van der Waals surface area contributed by atoms with Crippen molar-refractivity contribution in [3.63, 3.8) is 0 Å². The zero-order chi connectivity index (χ0) is 16.8. The molecule has 2 rings (SSSR count). The highest BCUT2D eigenvalue weighted by atomic mass is 35.5. The average Bonchev–Trinajstić information content (AvgIpc) is 2.53. The van der Waals surface area contributed by atoms with Gasteiger partial charge in [0.1, 0.15) is 0 Å². The van der Waals surface area contributed by atoms with Crippen LogP contribution in [0.5, 0.6) is 0 Å². The lowest BCUT2D eigenvalue weighted by Crippen LogP contribution is -2.07. The number of benzene rings is 1. The van der Waals surface area contributed by atoms with Gasteiger partial charge in [0.25, 0.3) is 0 Å². The molecule has 3 nitrogen and oxygen atoms in total. The van der Waals surface area contributed by atoms with Gasteiger partial charge >= 0.3 is 5.97 Å². The Kier molecular flexibility index (Phi) is 5.50. The highest BCUT2D eigenvalue weighted by Crippen LogP contribution is 2.26. The second kappa shape index (κ2) is 7.56. The van der Waals surface area contributed by atoms with Gasteiger partial charge in [0, 0.05) is 16.7 Å². The van der Waals surface area contributed by atoms with E-state index in [1.165, 1.54) is 6.08 Å². The van der Waals surface area contributed by atoms with Crippen molar-refractivity contribution in [1.29, 1.82) is 0 Å². The second-order valence-corrected chi connectivity index (χ2v) is 5.25. The molecule has 0 spiro atoms. The number of rotatable bonds is 4. The molecule has 0 fully saturated rings. The van der Waals surface area contributed by atoms with Crippen LogP contribution >= 0.6 is 11.6 Å². The Morgan fingerprint density at radius 2 is 1.96 bits per heavy atom. The molecule has 0 aliphatic heterocycles. The fourth-order valence-electron chi connectivity index (χ4n) is 2.07. The van der Waals surface area contributed by atoms with Gasteiger partial charge in [0.2, 0.25) is 0 Å². The van der Waals surface area contributed by atoms with Crippen molar-refractivity contribution in [2.75, 3.05) is 0 Å². The number of allylic oxidation sites excluding steroid dienone is 7.